The minimum absolute atomic E-state index is 0.0755. The second-order valence-corrected chi connectivity index (χ2v) is 4.87. The molecule has 0 saturated heterocycles. The molecule has 5 nitrogen and oxygen atoms in total. The zero-order valence-electron chi connectivity index (χ0n) is 10.1. The van der Waals surface area contributed by atoms with E-state index in [4.69, 9.17) is 8.83 Å². The third-order valence-electron chi connectivity index (χ3n) is 2.50. The Morgan fingerprint density at radius 3 is 2.80 bits per heavy atom. The first-order valence-electron chi connectivity index (χ1n) is 5.74. The highest BCUT2D eigenvalue weighted by Crippen LogP contribution is 2.30. The van der Waals surface area contributed by atoms with Crippen molar-refractivity contribution >= 4 is 34.9 Å². The lowest BCUT2D eigenvalue weighted by Crippen LogP contribution is -1.96. The van der Waals surface area contributed by atoms with Crippen LogP contribution in [0, 0.1) is 0 Å². The van der Waals surface area contributed by atoms with Crippen LogP contribution in [0.2, 0.25) is 0 Å². The maximum absolute atomic E-state index is 11.2. The van der Waals surface area contributed by atoms with Gasteiger partial charge in [-0.15, -0.1) is 0 Å². The Labute approximate surface area is 117 Å². The molecule has 0 fully saturated rings. The zero-order chi connectivity index (χ0) is 13.9. The van der Waals surface area contributed by atoms with E-state index in [9.17, 15) is 9.90 Å². The number of carboxylic acids is 1. The molecule has 0 bridgehead atoms. The second-order valence-electron chi connectivity index (χ2n) is 3.88. The smallest absolute Gasteiger partial charge is 0.342 e. The van der Waals surface area contributed by atoms with Crippen molar-refractivity contribution in [2.75, 3.05) is 0 Å². The summed E-state index contributed by atoms with van der Waals surface area (Å²) in [4.78, 5) is 15.5. The summed E-state index contributed by atoms with van der Waals surface area (Å²) >= 11 is 0.945. The summed E-state index contributed by atoms with van der Waals surface area (Å²) in [6.07, 6.45) is 2.91. The lowest BCUT2D eigenvalue weighted by molar-refractivity contribution is -0.131. The number of hydrogen-bond acceptors (Lipinski definition) is 5. The fraction of sp³-hybridized carbons (Fsp3) is 0. The molecule has 0 saturated carbocycles. The number of aromatic nitrogens is 1. The number of fused-ring (bicyclic) bond motifs is 1. The van der Waals surface area contributed by atoms with Crippen LogP contribution in [-0.4, -0.2) is 16.1 Å². The van der Waals surface area contributed by atoms with E-state index in [1.807, 2.05) is 12.1 Å². The van der Waals surface area contributed by atoms with Crippen molar-refractivity contribution in [3.63, 3.8) is 0 Å². The van der Waals surface area contributed by atoms with E-state index in [2.05, 4.69) is 4.98 Å². The summed E-state index contributed by atoms with van der Waals surface area (Å²) in [7, 11) is 0. The number of rotatable bonds is 4. The second kappa shape index (κ2) is 5.26. The van der Waals surface area contributed by atoms with Crippen LogP contribution >= 0.6 is 11.8 Å². The van der Waals surface area contributed by atoms with Gasteiger partial charge < -0.3 is 13.9 Å². The van der Waals surface area contributed by atoms with Crippen LogP contribution in [0.15, 0.2) is 61.6 Å². The summed E-state index contributed by atoms with van der Waals surface area (Å²) < 4.78 is 10.6. The van der Waals surface area contributed by atoms with E-state index >= 15 is 0 Å². The SMILES string of the molecule is O=C(O)/C(=C/c1ccco1)Sc1nc2ccccc2o1. The average molecular weight is 287 g/mol. The molecule has 0 aliphatic rings. The Balaban J connectivity index is 1.92. The van der Waals surface area contributed by atoms with Gasteiger partial charge in [-0.1, -0.05) is 12.1 Å². The van der Waals surface area contributed by atoms with E-state index in [1.54, 1.807) is 24.3 Å². The average Bonchev–Trinajstić information content (AvgIpc) is 3.05. The maximum Gasteiger partial charge on any atom is 0.342 e. The maximum atomic E-state index is 11.2. The van der Waals surface area contributed by atoms with E-state index in [1.165, 1.54) is 12.3 Å². The monoisotopic (exact) mass is 287 g/mol. The number of furan rings is 1. The fourth-order valence-corrected chi connectivity index (χ4v) is 2.35. The Bertz CT molecular complexity index is 740. The van der Waals surface area contributed by atoms with Crippen molar-refractivity contribution in [2.24, 2.45) is 0 Å². The fourth-order valence-electron chi connectivity index (χ4n) is 1.63. The lowest BCUT2D eigenvalue weighted by atomic mass is 10.3. The molecule has 1 aromatic carbocycles. The summed E-state index contributed by atoms with van der Waals surface area (Å²) in [6.45, 7) is 0. The van der Waals surface area contributed by atoms with Gasteiger partial charge >= 0.3 is 5.97 Å². The number of para-hydroxylation sites is 2. The summed E-state index contributed by atoms with van der Waals surface area (Å²) in [6, 6.07) is 10.6. The van der Waals surface area contributed by atoms with E-state index < -0.39 is 5.97 Å². The predicted octanol–water partition coefficient (Wildman–Crippen LogP) is 3.64. The molecule has 2 heterocycles. The van der Waals surface area contributed by atoms with Gasteiger partial charge in [0.05, 0.1) is 6.26 Å². The number of carboxylic acid groups (broad SMARTS) is 1. The Kier molecular flexibility index (Phi) is 3.30. The van der Waals surface area contributed by atoms with Gasteiger partial charge in [0.2, 0.25) is 0 Å². The van der Waals surface area contributed by atoms with Crippen LogP contribution in [0.25, 0.3) is 17.2 Å². The largest absolute Gasteiger partial charge is 0.477 e. The third-order valence-corrected chi connectivity index (χ3v) is 3.36. The van der Waals surface area contributed by atoms with Gasteiger partial charge in [-0.2, -0.15) is 0 Å². The topological polar surface area (TPSA) is 76.5 Å². The van der Waals surface area contributed by atoms with Crippen LogP contribution in [0.3, 0.4) is 0 Å². The first-order valence-corrected chi connectivity index (χ1v) is 6.56. The quantitative estimate of drug-likeness (QED) is 0.583. The number of hydrogen-bond donors (Lipinski definition) is 1. The number of carbonyl (C=O) groups is 1. The molecule has 3 aromatic rings. The van der Waals surface area contributed by atoms with Gasteiger partial charge in [-0.3, -0.25) is 0 Å². The molecule has 0 amide bonds. The highest BCUT2D eigenvalue weighted by molar-refractivity contribution is 8.03. The van der Waals surface area contributed by atoms with E-state index in [0.29, 0.717) is 16.9 Å². The van der Waals surface area contributed by atoms with Crippen LogP contribution in [0.1, 0.15) is 5.76 Å². The van der Waals surface area contributed by atoms with Crippen molar-refractivity contribution in [3.05, 3.63) is 53.3 Å². The lowest BCUT2D eigenvalue weighted by Gasteiger charge is -1.96. The van der Waals surface area contributed by atoms with Gasteiger partial charge in [0.15, 0.2) is 5.58 Å². The molecule has 6 heteroatoms. The number of nitrogens with zero attached hydrogens (tertiary/aromatic N) is 1. The number of oxazole rings is 1. The number of benzene rings is 1. The minimum Gasteiger partial charge on any atom is -0.477 e. The van der Waals surface area contributed by atoms with Crippen molar-refractivity contribution < 1.29 is 18.7 Å². The molecule has 0 spiro atoms. The molecule has 0 unspecified atom stereocenters. The summed E-state index contributed by atoms with van der Waals surface area (Å²) in [5.41, 5.74) is 1.32. The standard InChI is InChI=1S/C14H9NO4S/c16-13(17)12(8-9-4-3-7-18-9)20-14-15-10-5-1-2-6-11(10)19-14/h1-8H,(H,16,17)/b12-8-. The molecule has 2 aromatic heterocycles. The molecule has 0 aliphatic heterocycles. The Morgan fingerprint density at radius 1 is 1.25 bits per heavy atom. The molecule has 1 N–H and O–H groups in total. The third kappa shape index (κ3) is 2.60. The first kappa shape index (κ1) is 12.6. The Hall–Kier alpha value is -2.47. The Morgan fingerprint density at radius 2 is 2.10 bits per heavy atom. The van der Waals surface area contributed by atoms with Crippen LogP contribution in [0.4, 0.5) is 0 Å². The van der Waals surface area contributed by atoms with Crippen molar-refractivity contribution in [3.8, 4) is 0 Å². The van der Waals surface area contributed by atoms with Gasteiger partial charge in [-0.25, -0.2) is 9.78 Å². The summed E-state index contributed by atoms with van der Waals surface area (Å²) in [5.74, 6) is -0.598. The molecule has 0 atom stereocenters. The highest BCUT2D eigenvalue weighted by atomic mass is 32.2. The van der Waals surface area contributed by atoms with Gasteiger partial charge in [0.1, 0.15) is 16.2 Å². The van der Waals surface area contributed by atoms with Gasteiger partial charge in [0.25, 0.3) is 5.22 Å². The van der Waals surface area contributed by atoms with E-state index in [0.717, 1.165) is 11.8 Å². The molecule has 0 aliphatic carbocycles. The van der Waals surface area contributed by atoms with E-state index in [-0.39, 0.29) is 10.1 Å². The molecule has 100 valence electrons. The van der Waals surface area contributed by atoms with Crippen molar-refractivity contribution in [2.45, 2.75) is 5.22 Å². The van der Waals surface area contributed by atoms with Gasteiger partial charge in [-0.05, 0) is 36.0 Å². The normalized spacial score (nSPS) is 11.9. The summed E-state index contributed by atoms with van der Waals surface area (Å²) in [5, 5.41) is 9.49. The highest BCUT2D eigenvalue weighted by Gasteiger charge is 2.15. The van der Waals surface area contributed by atoms with Crippen LogP contribution < -0.4 is 0 Å². The van der Waals surface area contributed by atoms with Crippen molar-refractivity contribution in [1.29, 1.82) is 0 Å². The number of thioether (sulfide) groups is 1. The molecular weight excluding hydrogens is 278 g/mol. The molecule has 20 heavy (non-hydrogen) atoms. The predicted molar refractivity (Wildman–Crippen MR) is 74.2 cm³/mol. The van der Waals surface area contributed by atoms with Crippen LogP contribution in [0.5, 0.6) is 0 Å². The molecule has 3 rings (SSSR count). The molecule has 0 radical (unpaired) electrons. The van der Waals surface area contributed by atoms with Crippen molar-refractivity contribution in [1.82, 2.24) is 4.98 Å². The molecular formula is C14H9NO4S. The zero-order valence-corrected chi connectivity index (χ0v) is 11.0. The minimum atomic E-state index is -1.06. The van der Waals surface area contributed by atoms with Gasteiger partial charge in [0, 0.05) is 6.08 Å². The number of aliphatic carboxylic acids is 1. The first-order chi connectivity index (χ1) is 9.72. The van der Waals surface area contributed by atoms with Crippen LogP contribution in [-0.2, 0) is 4.79 Å².